The van der Waals surface area contributed by atoms with E-state index in [1.165, 1.54) is 19.1 Å². The Balaban J connectivity index is 1.62. The van der Waals surface area contributed by atoms with Crippen LogP contribution in [0.4, 0.5) is 0 Å². The Bertz CT molecular complexity index is 723. The third kappa shape index (κ3) is 4.11. The maximum Gasteiger partial charge on any atom is 0.273 e. The van der Waals surface area contributed by atoms with Crippen LogP contribution >= 0.6 is 0 Å². The van der Waals surface area contributed by atoms with Crippen molar-refractivity contribution in [1.29, 1.82) is 0 Å². The van der Waals surface area contributed by atoms with Gasteiger partial charge in [-0.05, 0) is 44.1 Å². The van der Waals surface area contributed by atoms with Crippen molar-refractivity contribution in [3.05, 3.63) is 30.2 Å². The van der Waals surface area contributed by atoms with Gasteiger partial charge in [-0.15, -0.1) is 0 Å². The van der Waals surface area contributed by atoms with Gasteiger partial charge in [0.05, 0.1) is 14.2 Å². The second-order valence-corrected chi connectivity index (χ2v) is 5.91. The molecule has 1 aromatic carbocycles. The molecule has 1 N–H and O–H groups in total. The maximum absolute atomic E-state index is 12.2. The van der Waals surface area contributed by atoms with Crippen LogP contribution in [0, 0.1) is 0 Å². The number of nitrogens with one attached hydrogen (secondary N) is 1. The molecule has 0 atom stereocenters. The molecule has 0 unspecified atom stereocenters. The molecule has 7 heteroatoms. The van der Waals surface area contributed by atoms with E-state index in [0.29, 0.717) is 29.5 Å². The molecule has 1 amide bonds. The van der Waals surface area contributed by atoms with Crippen LogP contribution in [-0.2, 0) is 0 Å². The first-order chi connectivity index (χ1) is 12.2. The van der Waals surface area contributed by atoms with Crippen molar-refractivity contribution in [2.75, 3.05) is 40.4 Å². The largest absolute Gasteiger partial charge is 0.493 e. The van der Waals surface area contributed by atoms with Crippen LogP contribution in [0.15, 0.2) is 28.9 Å². The molecule has 0 spiro atoms. The predicted molar refractivity (Wildman–Crippen MR) is 93.1 cm³/mol. The zero-order chi connectivity index (χ0) is 17.6. The van der Waals surface area contributed by atoms with E-state index in [9.17, 15) is 4.79 Å². The third-order valence-electron chi connectivity index (χ3n) is 4.28. The summed E-state index contributed by atoms with van der Waals surface area (Å²) in [7, 11) is 3.14. The molecule has 2 aromatic rings. The normalized spacial score (nSPS) is 14.5. The van der Waals surface area contributed by atoms with Gasteiger partial charge < -0.3 is 24.1 Å². The van der Waals surface area contributed by atoms with E-state index in [2.05, 4.69) is 15.2 Å². The molecular formula is C18H23N3O4. The minimum absolute atomic E-state index is 0.227. The fraction of sp³-hybridized carbons (Fsp3) is 0.444. The lowest BCUT2D eigenvalue weighted by Gasteiger charge is -2.14. The highest BCUT2D eigenvalue weighted by atomic mass is 16.5. The van der Waals surface area contributed by atoms with Crippen LogP contribution in [0.1, 0.15) is 23.3 Å². The van der Waals surface area contributed by atoms with E-state index < -0.39 is 0 Å². The number of aromatic nitrogens is 1. The molecule has 0 saturated carbocycles. The van der Waals surface area contributed by atoms with Gasteiger partial charge in [-0.3, -0.25) is 4.79 Å². The summed E-state index contributed by atoms with van der Waals surface area (Å²) in [5.74, 6) is 1.34. The molecule has 0 aliphatic carbocycles. The zero-order valence-electron chi connectivity index (χ0n) is 14.6. The monoisotopic (exact) mass is 345 g/mol. The second-order valence-electron chi connectivity index (χ2n) is 5.91. The standard InChI is InChI=1S/C18H23N3O4/c1-23-15-6-5-13(11-16(15)24-2)18-20-14(12-25-18)17(22)19-7-10-21-8-3-4-9-21/h5-6,11-12H,3-4,7-10H2,1-2H3,(H,19,22). The van der Waals surface area contributed by atoms with Gasteiger partial charge in [0, 0.05) is 18.7 Å². The molecule has 7 nitrogen and oxygen atoms in total. The fourth-order valence-corrected chi connectivity index (χ4v) is 2.90. The minimum Gasteiger partial charge on any atom is -0.493 e. The average Bonchev–Trinajstić information content (AvgIpc) is 3.33. The molecule has 1 aliphatic rings. The highest BCUT2D eigenvalue weighted by Gasteiger charge is 2.16. The number of ether oxygens (including phenoxy) is 2. The zero-order valence-corrected chi connectivity index (χ0v) is 14.6. The molecule has 1 saturated heterocycles. The minimum atomic E-state index is -0.227. The number of carbonyl (C=O) groups is 1. The van der Waals surface area contributed by atoms with Gasteiger partial charge in [0.1, 0.15) is 6.26 Å². The Morgan fingerprint density at radius 2 is 2.00 bits per heavy atom. The molecule has 1 fully saturated rings. The number of benzene rings is 1. The first kappa shape index (κ1) is 17.3. The van der Waals surface area contributed by atoms with E-state index in [0.717, 1.165) is 19.6 Å². The Morgan fingerprint density at radius 3 is 2.72 bits per heavy atom. The number of rotatable bonds is 7. The number of hydrogen-bond donors (Lipinski definition) is 1. The number of oxazole rings is 1. The van der Waals surface area contributed by atoms with Crippen LogP contribution in [0.3, 0.4) is 0 Å². The molecule has 134 valence electrons. The third-order valence-corrected chi connectivity index (χ3v) is 4.28. The Morgan fingerprint density at radius 1 is 1.24 bits per heavy atom. The molecule has 0 radical (unpaired) electrons. The van der Waals surface area contributed by atoms with Gasteiger partial charge in [0.2, 0.25) is 5.89 Å². The SMILES string of the molecule is COc1ccc(-c2nc(C(=O)NCCN3CCCC3)co2)cc1OC. The highest BCUT2D eigenvalue weighted by Crippen LogP contribution is 2.31. The first-order valence-corrected chi connectivity index (χ1v) is 8.39. The summed E-state index contributed by atoms with van der Waals surface area (Å²) < 4.78 is 15.9. The number of carbonyl (C=O) groups excluding carboxylic acids is 1. The molecule has 2 heterocycles. The van der Waals surface area contributed by atoms with E-state index in [4.69, 9.17) is 13.9 Å². The summed E-state index contributed by atoms with van der Waals surface area (Å²) in [6.45, 7) is 3.70. The molecular weight excluding hydrogens is 322 g/mol. The Kier molecular flexibility index (Phi) is 5.55. The van der Waals surface area contributed by atoms with Crippen molar-refractivity contribution in [2.24, 2.45) is 0 Å². The van der Waals surface area contributed by atoms with Crippen LogP contribution in [-0.4, -0.2) is 56.2 Å². The second kappa shape index (κ2) is 8.02. The lowest BCUT2D eigenvalue weighted by atomic mass is 10.2. The van der Waals surface area contributed by atoms with E-state index in [1.54, 1.807) is 26.4 Å². The highest BCUT2D eigenvalue weighted by molar-refractivity contribution is 5.92. The van der Waals surface area contributed by atoms with Crippen molar-refractivity contribution in [3.8, 4) is 23.0 Å². The van der Waals surface area contributed by atoms with Crippen LogP contribution < -0.4 is 14.8 Å². The van der Waals surface area contributed by atoms with Gasteiger partial charge in [0.25, 0.3) is 5.91 Å². The number of methoxy groups -OCH3 is 2. The number of amides is 1. The quantitative estimate of drug-likeness (QED) is 0.829. The molecule has 0 bridgehead atoms. The number of nitrogens with zero attached hydrogens (tertiary/aromatic N) is 2. The van der Waals surface area contributed by atoms with Gasteiger partial charge in [-0.2, -0.15) is 0 Å². The smallest absolute Gasteiger partial charge is 0.273 e. The van der Waals surface area contributed by atoms with Crippen molar-refractivity contribution in [2.45, 2.75) is 12.8 Å². The van der Waals surface area contributed by atoms with Crippen LogP contribution in [0.25, 0.3) is 11.5 Å². The molecule has 1 aliphatic heterocycles. The first-order valence-electron chi connectivity index (χ1n) is 8.39. The lowest BCUT2D eigenvalue weighted by Crippen LogP contribution is -2.33. The summed E-state index contributed by atoms with van der Waals surface area (Å²) in [6, 6.07) is 5.34. The summed E-state index contributed by atoms with van der Waals surface area (Å²) in [4.78, 5) is 18.8. The Hall–Kier alpha value is -2.54. The number of likely N-dealkylation sites (tertiary alicyclic amines) is 1. The molecule has 1 aromatic heterocycles. The van der Waals surface area contributed by atoms with Gasteiger partial charge in [0.15, 0.2) is 17.2 Å². The van der Waals surface area contributed by atoms with Crippen molar-refractivity contribution < 1.29 is 18.7 Å². The van der Waals surface area contributed by atoms with E-state index >= 15 is 0 Å². The Labute approximate surface area is 146 Å². The fourth-order valence-electron chi connectivity index (χ4n) is 2.90. The van der Waals surface area contributed by atoms with Gasteiger partial charge >= 0.3 is 0 Å². The summed E-state index contributed by atoms with van der Waals surface area (Å²) in [6.07, 6.45) is 3.86. The van der Waals surface area contributed by atoms with E-state index in [-0.39, 0.29) is 11.6 Å². The average molecular weight is 345 g/mol. The van der Waals surface area contributed by atoms with Gasteiger partial charge in [-0.25, -0.2) is 4.98 Å². The summed E-state index contributed by atoms with van der Waals surface area (Å²) in [5.41, 5.74) is 0.986. The topological polar surface area (TPSA) is 76.8 Å². The summed E-state index contributed by atoms with van der Waals surface area (Å²) >= 11 is 0. The predicted octanol–water partition coefficient (Wildman–Crippen LogP) is 2.18. The van der Waals surface area contributed by atoms with Gasteiger partial charge in [-0.1, -0.05) is 0 Å². The maximum atomic E-state index is 12.2. The number of hydrogen-bond acceptors (Lipinski definition) is 6. The van der Waals surface area contributed by atoms with Crippen LogP contribution in [0.2, 0.25) is 0 Å². The van der Waals surface area contributed by atoms with E-state index in [1.807, 2.05) is 6.07 Å². The molecule has 25 heavy (non-hydrogen) atoms. The summed E-state index contributed by atoms with van der Waals surface area (Å²) in [5, 5.41) is 2.88. The van der Waals surface area contributed by atoms with Crippen molar-refractivity contribution >= 4 is 5.91 Å². The molecule has 3 rings (SSSR count). The lowest BCUT2D eigenvalue weighted by molar-refractivity contribution is 0.0945. The van der Waals surface area contributed by atoms with Crippen LogP contribution in [0.5, 0.6) is 11.5 Å². The van der Waals surface area contributed by atoms with Crippen molar-refractivity contribution in [3.63, 3.8) is 0 Å². The van der Waals surface area contributed by atoms with Crippen molar-refractivity contribution in [1.82, 2.24) is 15.2 Å².